The highest BCUT2D eigenvalue weighted by Crippen LogP contribution is 2.38. The standard InChI is InChI=1S/C18H37N3/c1-5-6-16-7-9-18(15-19,10-8-16)21-13-11-20(12-14-21)17(2,3)4/h16H,5-15,19H2,1-4H3. The fourth-order valence-corrected chi connectivity index (χ4v) is 4.41. The lowest BCUT2D eigenvalue weighted by Gasteiger charge is -2.52. The van der Waals surface area contributed by atoms with Crippen LogP contribution in [0.15, 0.2) is 0 Å². The molecule has 0 aromatic heterocycles. The lowest BCUT2D eigenvalue weighted by molar-refractivity contribution is -0.0190. The smallest absolute Gasteiger partial charge is 0.0333 e. The van der Waals surface area contributed by atoms with Crippen LogP contribution in [0.4, 0.5) is 0 Å². The van der Waals surface area contributed by atoms with Gasteiger partial charge in [-0.3, -0.25) is 9.80 Å². The zero-order valence-electron chi connectivity index (χ0n) is 14.8. The van der Waals surface area contributed by atoms with Crippen molar-refractivity contribution in [2.45, 2.75) is 77.3 Å². The summed E-state index contributed by atoms with van der Waals surface area (Å²) < 4.78 is 0. The summed E-state index contributed by atoms with van der Waals surface area (Å²) in [5.41, 5.74) is 6.87. The first-order valence-corrected chi connectivity index (χ1v) is 9.11. The van der Waals surface area contributed by atoms with Gasteiger partial charge in [0.15, 0.2) is 0 Å². The molecule has 0 radical (unpaired) electrons. The maximum atomic E-state index is 6.25. The van der Waals surface area contributed by atoms with Crippen molar-refractivity contribution in [1.82, 2.24) is 9.80 Å². The summed E-state index contributed by atoms with van der Waals surface area (Å²) >= 11 is 0. The third-order valence-electron chi connectivity index (χ3n) is 6.01. The Morgan fingerprint density at radius 3 is 2.05 bits per heavy atom. The Balaban J connectivity index is 1.91. The van der Waals surface area contributed by atoms with Crippen molar-refractivity contribution in [1.29, 1.82) is 0 Å². The summed E-state index contributed by atoms with van der Waals surface area (Å²) in [7, 11) is 0. The van der Waals surface area contributed by atoms with Crippen LogP contribution in [0.25, 0.3) is 0 Å². The van der Waals surface area contributed by atoms with E-state index in [1.54, 1.807) is 0 Å². The average molecular weight is 296 g/mol. The second-order valence-corrected chi connectivity index (χ2v) is 8.31. The third-order valence-corrected chi connectivity index (χ3v) is 6.01. The summed E-state index contributed by atoms with van der Waals surface area (Å²) in [6, 6.07) is 0. The molecule has 0 unspecified atom stereocenters. The van der Waals surface area contributed by atoms with E-state index in [1.807, 2.05) is 0 Å². The van der Waals surface area contributed by atoms with Crippen molar-refractivity contribution in [2.75, 3.05) is 32.7 Å². The second kappa shape index (κ2) is 6.97. The van der Waals surface area contributed by atoms with Gasteiger partial charge in [0.25, 0.3) is 0 Å². The predicted molar refractivity (Wildman–Crippen MR) is 91.6 cm³/mol. The third kappa shape index (κ3) is 4.00. The van der Waals surface area contributed by atoms with Crippen LogP contribution in [0, 0.1) is 5.92 Å². The van der Waals surface area contributed by atoms with Crippen molar-refractivity contribution in [2.24, 2.45) is 11.7 Å². The molecule has 1 saturated carbocycles. The van der Waals surface area contributed by atoms with E-state index < -0.39 is 0 Å². The van der Waals surface area contributed by atoms with Crippen LogP contribution in [0.5, 0.6) is 0 Å². The van der Waals surface area contributed by atoms with Gasteiger partial charge in [0.2, 0.25) is 0 Å². The molecule has 3 nitrogen and oxygen atoms in total. The van der Waals surface area contributed by atoms with Gasteiger partial charge in [0.1, 0.15) is 0 Å². The largest absolute Gasteiger partial charge is 0.329 e. The van der Waals surface area contributed by atoms with Gasteiger partial charge in [-0.15, -0.1) is 0 Å². The summed E-state index contributed by atoms with van der Waals surface area (Å²) in [6.07, 6.45) is 8.19. The fourth-order valence-electron chi connectivity index (χ4n) is 4.41. The van der Waals surface area contributed by atoms with Crippen LogP contribution in [0.2, 0.25) is 0 Å². The Hall–Kier alpha value is -0.120. The zero-order valence-corrected chi connectivity index (χ0v) is 14.8. The van der Waals surface area contributed by atoms with E-state index in [4.69, 9.17) is 5.73 Å². The summed E-state index contributed by atoms with van der Waals surface area (Å²) in [5.74, 6) is 0.963. The number of hydrogen-bond donors (Lipinski definition) is 1. The van der Waals surface area contributed by atoms with Gasteiger partial charge in [-0.25, -0.2) is 0 Å². The monoisotopic (exact) mass is 295 g/mol. The Morgan fingerprint density at radius 1 is 1.05 bits per heavy atom. The van der Waals surface area contributed by atoms with E-state index in [0.29, 0.717) is 11.1 Å². The van der Waals surface area contributed by atoms with Gasteiger partial charge in [-0.05, 0) is 52.4 Å². The quantitative estimate of drug-likeness (QED) is 0.865. The molecule has 3 heteroatoms. The van der Waals surface area contributed by atoms with Gasteiger partial charge in [-0.2, -0.15) is 0 Å². The highest BCUT2D eigenvalue weighted by Gasteiger charge is 2.41. The Bertz CT molecular complexity index is 305. The number of nitrogens with zero attached hydrogens (tertiary/aromatic N) is 2. The summed E-state index contributed by atoms with van der Waals surface area (Å²) in [4.78, 5) is 5.35. The second-order valence-electron chi connectivity index (χ2n) is 8.31. The van der Waals surface area contributed by atoms with E-state index in [-0.39, 0.29) is 0 Å². The lowest BCUT2D eigenvalue weighted by atomic mass is 9.74. The fraction of sp³-hybridized carbons (Fsp3) is 1.00. The number of rotatable bonds is 4. The molecule has 0 atom stereocenters. The van der Waals surface area contributed by atoms with Crippen LogP contribution in [-0.4, -0.2) is 53.6 Å². The van der Waals surface area contributed by atoms with Gasteiger partial charge in [0.05, 0.1) is 0 Å². The van der Waals surface area contributed by atoms with Crippen molar-refractivity contribution in [3.05, 3.63) is 0 Å². The Morgan fingerprint density at radius 2 is 1.62 bits per heavy atom. The molecule has 2 aliphatic rings. The van der Waals surface area contributed by atoms with Crippen LogP contribution in [0.1, 0.15) is 66.2 Å². The number of hydrogen-bond acceptors (Lipinski definition) is 3. The molecule has 0 bridgehead atoms. The molecule has 0 amide bonds. The van der Waals surface area contributed by atoms with Crippen molar-refractivity contribution in [3.8, 4) is 0 Å². The molecule has 2 rings (SSSR count). The van der Waals surface area contributed by atoms with Crippen molar-refractivity contribution >= 4 is 0 Å². The summed E-state index contributed by atoms with van der Waals surface area (Å²) in [6.45, 7) is 15.0. The zero-order chi connectivity index (χ0) is 15.5. The van der Waals surface area contributed by atoms with E-state index in [0.717, 1.165) is 12.5 Å². The molecule has 0 aromatic rings. The molecule has 21 heavy (non-hydrogen) atoms. The minimum atomic E-state index is 0.306. The summed E-state index contributed by atoms with van der Waals surface area (Å²) in [5, 5.41) is 0. The molecule has 1 heterocycles. The Labute approximate surface area is 132 Å². The number of piperazine rings is 1. The van der Waals surface area contributed by atoms with E-state index in [2.05, 4.69) is 37.5 Å². The number of nitrogens with two attached hydrogens (primary N) is 1. The Kier molecular flexibility index (Phi) is 5.72. The van der Waals surface area contributed by atoms with E-state index in [1.165, 1.54) is 64.7 Å². The lowest BCUT2D eigenvalue weighted by Crippen LogP contribution is -2.63. The van der Waals surface area contributed by atoms with Gasteiger partial charge < -0.3 is 5.73 Å². The van der Waals surface area contributed by atoms with Crippen LogP contribution in [0.3, 0.4) is 0 Å². The van der Waals surface area contributed by atoms with Crippen LogP contribution < -0.4 is 5.73 Å². The highest BCUT2D eigenvalue weighted by atomic mass is 15.3. The highest BCUT2D eigenvalue weighted by molar-refractivity contribution is 4.98. The first-order chi connectivity index (χ1) is 9.91. The van der Waals surface area contributed by atoms with Crippen molar-refractivity contribution < 1.29 is 0 Å². The molecule has 1 aliphatic carbocycles. The minimum absolute atomic E-state index is 0.306. The first kappa shape index (κ1) is 17.2. The molecule has 2 N–H and O–H groups in total. The topological polar surface area (TPSA) is 32.5 Å². The molecule has 1 saturated heterocycles. The van der Waals surface area contributed by atoms with Gasteiger partial charge in [0, 0.05) is 43.8 Å². The molecular weight excluding hydrogens is 258 g/mol. The predicted octanol–water partition coefficient (Wildman–Crippen LogP) is 3.09. The van der Waals surface area contributed by atoms with E-state index in [9.17, 15) is 0 Å². The maximum absolute atomic E-state index is 6.25. The average Bonchev–Trinajstić information content (AvgIpc) is 2.48. The first-order valence-electron chi connectivity index (χ1n) is 9.11. The molecule has 1 aliphatic heterocycles. The van der Waals surface area contributed by atoms with E-state index >= 15 is 0 Å². The maximum Gasteiger partial charge on any atom is 0.0333 e. The van der Waals surface area contributed by atoms with Crippen LogP contribution >= 0.6 is 0 Å². The van der Waals surface area contributed by atoms with Gasteiger partial charge >= 0.3 is 0 Å². The van der Waals surface area contributed by atoms with Crippen molar-refractivity contribution in [3.63, 3.8) is 0 Å². The van der Waals surface area contributed by atoms with Gasteiger partial charge in [-0.1, -0.05) is 19.8 Å². The molecule has 124 valence electrons. The molecule has 2 fully saturated rings. The normalized spacial score (nSPS) is 33.3. The molecule has 0 spiro atoms. The minimum Gasteiger partial charge on any atom is -0.329 e. The molecular formula is C18H37N3. The SMILES string of the molecule is CCCC1CCC(CN)(N2CCN(C(C)(C)C)CC2)CC1. The molecule has 0 aromatic carbocycles. The van der Waals surface area contributed by atoms with Crippen LogP contribution in [-0.2, 0) is 0 Å².